The van der Waals surface area contributed by atoms with Gasteiger partial charge in [0.05, 0.1) is 18.5 Å². The second kappa shape index (κ2) is 2.67. The smallest absolute Gasteiger partial charge is 0.0313 e. The first-order valence-electron chi connectivity index (χ1n) is 3.27. The maximum Gasteiger partial charge on any atom is 0.0573 e. The highest BCUT2D eigenvalue weighted by Gasteiger charge is 2.18. The molecule has 0 nitrogen and oxygen atoms in total. The van der Waals surface area contributed by atoms with Crippen LogP contribution < -0.4 is 0 Å². The molecular weight excluding hydrogens is 103 g/mol. The molecule has 0 N–H and O–H groups in total. The molecule has 1 rings (SSSR count). The molecule has 1 aliphatic rings. The summed E-state index contributed by atoms with van der Waals surface area (Å²) in [5, 5.41) is 0. The number of hydrogen-bond acceptors (Lipinski definition) is 0. The summed E-state index contributed by atoms with van der Waals surface area (Å²) >= 11 is 0. The van der Waals surface area contributed by atoms with E-state index >= 15 is 0 Å². The van der Waals surface area contributed by atoms with Gasteiger partial charge in [-0.05, 0) is 19.8 Å². The van der Waals surface area contributed by atoms with Crippen molar-refractivity contribution in [1.82, 2.24) is 0 Å². The van der Waals surface area contributed by atoms with Crippen LogP contribution in [-0.4, -0.2) is 18.5 Å². The summed E-state index contributed by atoms with van der Waals surface area (Å²) in [5.74, 6) is 0. The van der Waals surface area contributed by atoms with E-state index in [1.54, 1.807) is 25.2 Å². The average molecular weight is 117 g/mol. The lowest BCUT2D eigenvalue weighted by Gasteiger charge is -1.92. The molecule has 1 aliphatic heterocycles. The van der Waals surface area contributed by atoms with Crippen molar-refractivity contribution >= 4 is 7.92 Å². The van der Waals surface area contributed by atoms with Crippen molar-refractivity contribution in [2.45, 2.75) is 19.8 Å². The fourth-order valence-electron chi connectivity index (χ4n) is 1.23. The third-order valence-corrected chi connectivity index (χ3v) is 4.93. The highest BCUT2D eigenvalue weighted by molar-refractivity contribution is 7.57. The molecule has 42 valence electrons. The Bertz CT molecular complexity index is 46.1. The molecule has 0 aromatic carbocycles. The summed E-state index contributed by atoms with van der Waals surface area (Å²) < 4.78 is 0. The first kappa shape index (κ1) is 5.56. The van der Waals surface area contributed by atoms with Crippen LogP contribution in [0.1, 0.15) is 19.8 Å². The third-order valence-electron chi connectivity index (χ3n) is 1.81. The van der Waals surface area contributed by atoms with Gasteiger partial charge in [0.2, 0.25) is 0 Å². The Balaban J connectivity index is 2.14. The van der Waals surface area contributed by atoms with Crippen LogP contribution in [0.15, 0.2) is 0 Å². The molecule has 0 unspecified atom stereocenters. The molecule has 0 saturated carbocycles. The lowest BCUT2D eigenvalue weighted by molar-refractivity contribution is 0.949. The molecule has 0 bridgehead atoms. The van der Waals surface area contributed by atoms with E-state index in [9.17, 15) is 0 Å². The Morgan fingerprint density at radius 2 is 1.86 bits per heavy atom. The highest BCUT2D eigenvalue weighted by atomic mass is 31.1. The van der Waals surface area contributed by atoms with Gasteiger partial charge >= 0.3 is 0 Å². The molecule has 0 spiro atoms. The summed E-state index contributed by atoms with van der Waals surface area (Å²) in [6, 6.07) is 0. The average Bonchev–Trinajstić information content (AvgIpc) is 2.14. The quantitative estimate of drug-likeness (QED) is 0.461. The van der Waals surface area contributed by atoms with Crippen LogP contribution in [0.3, 0.4) is 0 Å². The molecule has 0 aromatic heterocycles. The Morgan fingerprint density at radius 3 is 2.14 bits per heavy atom. The molecule has 7 heavy (non-hydrogen) atoms. The van der Waals surface area contributed by atoms with Crippen molar-refractivity contribution in [3.05, 3.63) is 0 Å². The molecule has 0 aliphatic carbocycles. The Morgan fingerprint density at radius 1 is 1.29 bits per heavy atom. The fourth-order valence-corrected chi connectivity index (χ4v) is 3.69. The lowest BCUT2D eigenvalue weighted by Crippen LogP contribution is -1.76. The van der Waals surface area contributed by atoms with Crippen molar-refractivity contribution in [1.29, 1.82) is 0 Å². The van der Waals surface area contributed by atoms with Crippen LogP contribution in [0, 0.1) is 0 Å². The van der Waals surface area contributed by atoms with Crippen molar-refractivity contribution in [2.24, 2.45) is 0 Å². The SMILES string of the molecule is CC[PH+]1CCCC1. The number of rotatable bonds is 1. The molecule has 1 saturated heterocycles. The molecular formula is C6H14P+. The second-order valence-electron chi connectivity index (χ2n) is 2.31. The zero-order valence-electron chi connectivity index (χ0n) is 5.04. The van der Waals surface area contributed by atoms with Gasteiger partial charge < -0.3 is 0 Å². The topological polar surface area (TPSA) is 0 Å². The Labute approximate surface area is 47.1 Å². The van der Waals surface area contributed by atoms with E-state index in [-0.39, 0.29) is 7.92 Å². The predicted octanol–water partition coefficient (Wildman–Crippen LogP) is 2.01. The van der Waals surface area contributed by atoms with Gasteiger partial charge in [-0.1, -0.05) is 0 Å². The van der Waals surface area contributed by atoms with E-state index in [2.05, 4.69) is 6.92 Å². The van der Waals surface area contributed by atoms with E-state index in [4.69, 9.17) is 0 Å². The minimum absolute atomic E-state index is 0.248. The molecule has 1 heteroatoms. The van der Waals surface area contributed by atoms with Gasteiger partial charge in [-0.25, -0.2) is 0 Å². The molecule has 0 radical (unpaired) electrons. The zero-order valence-corrected chi connectivity index (χ0v) is 6.04. The highest BCUT2D eigenvalue weighted by Crippen LogP contribution is 2.42. The van der Waals surface area contributed by atoms with E-state index in [0.717, 1.165) is 0 Å². The summed E-state index contributed by atoms with van der Waals surface area (Å²) in [5.41, 5.74) is 0. The normalized spacial score (nSPS) is 23.6. The molecule has 1 heterocycles. The third kappa shape index (κ3) is 1.42. The maximum absolute atomic E-state index is 2.35. The summed E-state index contributed by atoms with van der Waals surface area (Å²) in [4.78, 5) is 0. The molecule has 0 amide bonds. The van der Waals surface area contributed by atoms with Crippen LogP contribution in [-0.2, 0) is 0 Å². The van der Waals surface area contributed by atoms with Gasteiger partial charge in [0.15, 0.2) is 0 Å². The monoisotopic (exact) mass is 117 g/mol. The van der Waals surface area contributed by atoms with E-state index in [1.807, 2.05) is 0 Å². The van der Waals surface area contributed by atoms with Crippen molar-refractivity contribution in [2.75, 3.05) is 18.5 Å². The van der Waals surface area contributed by atoms with Crippen LogP contribution in [0.2, 0.25) is 0 Å². The molecule has 0 atom stereocenters. The van der Waals surface area contributed by atoms with Gasteiger partial charge in [0, 0.05) is 7.92 Å². The first-order valence-corrected chi connectivity index (χ1v) is 5.39. The Kier molecular flexibility index (Phi) is 2.12. The standard InChI is InChI=1S/C6H13P/c1-2-7-5-3-4-6-7/h2-6H2,1H3/p+1. The molecule has 1 fully saturated rings. The van der Waals surface area contributed by atoms with Gasteiger partial charge in [-0.3, -0.25) is 0 Å². The minimum Gasteiger partial charge on any atom is -0.0313 e. The Hall–Kier alpha value is 0.430. The van der Waals surface area contributed by atoms with Crippen molar-refractivity contribution in [3.63, 3.8) is 0 Å². The minimum atomic E-state index is 0.248. The van der Waals surface area contributed by atoms with Crippen LogP contribution in [0.4, 0.5) is 0 Å². The maximum atomic E-state index is 2.35. The first-order chi connectivity index (χ1) is 3.43. The van der Waals surface area contributed by atoms with Gasteiger partial charge in [0.25, 0.3) is 0 Å². The zero-order chi connectivity index (χ0) is 5.11. The summed E-state index contributed by atoms with van der Waals surface area (Å²) in [7, 11) is 0.248. The predicted molar refractivity (Wildman–Crippen MR) is 37.8 cm³/mol. The van der Waals surface area contributed by atoms with Gasteiger partial charge in [-0.2, -0.15) is 0 Å². The molecule has 0 aromatic rings. The second-order valence-corrected chi connectivity index (χ2v) is 5.52. The van der Waals surface area contributed by atoms with Crippen molar-refractivity contribution < 1.29 is 0 Å². The largest absolute Gasteiger partial charge is 0.0573 e. The lowest BCUT2D eigenvalue weighted by atomic mass is 10.4. The summed E-state index contributed by atoms with van der Waals surface area (Å²) in [6.07, 6.45) is 7.83. The van der Waals surface area contributed by atoms with Gasteiger partial charge in [-0.15, -0.1) is 0 Å². The van der Waals surface area contributed by atoms with Crippen LogP contribution in [0.5, 0.6) is 0 Å². The van der Waals surface area contributed by atoms with E-state index in [0.29, 0.717) is 0 Å². The van der Waals surface area contributed by atoms with Gasteiger partial charge in [0.1, 0.15) is 0 Å². The van der Waals surface area contributed by atoms with E-state index < -0.39 is 0 Å². The van der Waals surface area contributed by atoms with E-state index in [1.165, 1.54) is 6.16 Å². The van der Waals surface area contributed by atoms with Crippen LogP contribution in [0.25, 0.3) is 0 Å². The number of hydrogen-bond donors (Lipinski definition) is 0. The summed E-state index contributed by atoms with van der Waals surface area (Å²) in [6.45, 7) is 2.35. The van der Waals surface area contributed by atoms with Crippen LogP contribution >= 0.6 is 7.92 Å². The fraction of sp³-hybridized carbons (Fsp3) is 1.00. The van der Waals surface area contributed by atoms with Crippen molar-refractivity contribution in [3.8, 4) is 0 Å².